The predicted molar refractivity (Wildman–Crippen MR) is 75.4 cm³/mol. The molecule has 0 amide bonds. The van der Waals surface area contributed by atoms with Crippen LogP contribution in [-0.2, 0) is 11.3 Å². The van der Waals surface area contributed by atoms with E-state index in [0.29, 0.717) is 12.0 Å². The van der Waals surface area contributed by atoms with E-state index in [-0.39, 0.29) is 0 Å². The van der Waals surface area contributed by atoms with Crippen LogP contribution in [0, 0.1) is 12.8 Å². The first-order chi connectivity index (χ1) is 9.19. The minimum absolute atomic E-state index is 0.497. The maximum atomic E-state index is 5.40. The number of aryl methyl sites for hydroxylation is 1. The van der Waals surface area contributed by atoms with Gasteiger partial charge in [0, 0.05) is 43.6 Å². The molecule has 1 saturated heterocycles. The van der Waals surface area contributed by atoms with Gasteiger partial charge in [-0.05, 0) is 32.6 Å². The number of methoxy groups -OCH3 is 1. The first-order valence-electron chi connectivity index (χ1n) is 7.01. The zero-order valence-electron chi connectivity index (χ0n) is 12.1. The van der Waals surface area contributed by atoms with E-state index in [1.54, 1.807) is 7.11 Å². The summed E-state index contributed by atoms with van der Waals surface area (Å²) >= 11 is 0. The molecular weight excluding hydrogens is 240 g/mol. The summed E-state index contributed by atoms with van der Waals surface area (Å²) in [6.07, 6.45) is 2.30. The van der Waals surface area contributed by atoms with E-state index >= 15 is 0 Å². The number of hydrogen-bond donors (Lipinski definition) is 1. The Morgan fingerprint density at radius 2 is 2.16 bits per heavy atom. The fourth-order valence-corrected chi connectivity index (χ4v) is 2.56. The molecule has 1 atom stereocenters. The minimum Gasteiger partial charge on any atom is -0.497 e. The van der Waals surface area contributed by atoms with Gasteiger partial charge < -0.3 is 14.8 Å². The molecule has 1 aliphatic heterocycles. The maximum Gasteiger partial charge on any atom is 0.122 e. The molecule has 1 aromatic rings. The fourth-order valence-electron chi connectivity index (χ4n) is 2.56. The van der Waals surface area contributed by atoms with Crippen LogP contribution in [0.5, 0.6) is 5.75 Å². The Labute approximate surface area is 115 Å². The Hall–Kier alpha value is -1.13. The van der Waals surface area contributed by atoms with Gasteiger partial charge in [-0.3, -0.25) is 4.98 Å². The van der Waals surface area contributed by atoms with Crippen molar-refractivity contribution in [2.45, 2.75) is 39.3 Å². The zero-order valence-corrected chi connectivity index (χ0v) is 12.1. The second kappa shape index (κ2) is 6.87. The second-order valence-electron chi connectivity index (χ2n) is 5.26. The minimum atomic E-state index is 0.497. The molecule has 0 radical (unpaired) electrons. The molecular formula is C15H24N2O2. The van der Waals surface area contributed by atoms with Crippen molar-refractivity contribution in [1.82, 2.24) is 10.3 Å². The van der Waals surface area contributed by atoms with Crippen molar-refractivity contribution in [3.05, 3.63) is 23.5 Å². The first-order valence-corrected chi connectivity index (χ1v) is 7.01. The third-order valence-corrected chi connectivity index (χ3v) is 3.79. The third kappa shape index (κ3) is 4.18. The lowest BCUT2D eigenvalue weighted by Crippen LogP contribution is -2.36. The summed E-state index contributed by atoms with van der Waals surface area (Å²) < 4.78 is 10.7. The number of hydrogen-bond acceptors (Lipinski definition) is 4. The SMILES string of the molecule is COc1cc(C)nc(CNC(C)C2CCOCC2)c1. The van der Waals surface area contributed by atoms with E-state index in [9.17, 15) is 0 Å². The van der Waals surface area contributed by atoms with Crippen LogP contribution in [0.4, 0.5) is 0 Å². The van der Waals surface area contributed by atoms with Gasteiger partial charge in [-0.2, -0.15) is 0 Å². The summed E-state index contributed by atoms with van der Waals surface area (Å²) in [6, 6.07) is 4.44. The Kier molecular flexibility index (Phi) is 5.16. The lowest BCUT2D eigenvalue weighted by Gasteiger charge is -2.28. The molecule has 0 aliphatic carbocycles. The van der Waals surface area contributed by atoms with Crippen molar-refractivity contribution < 1.29 is 9.47 Å². The summed E-state index contributed by atoms with van der Waals surface area (Å²) in [5, 5.41) is 3.57. The number of nitrogens with one attached hydrogen (secondary N) is 1. The Morgan fingerprint density at radius 1 is 1.42 bits per heavy atom. The molecule has 1 unspecified atom stereocenters. The highest BCUT2D eigenvalue weighted by Crippen LogP contribution is 2.19. The number of pyridine rings is 1. The molecule has 106 valence electrons. The van der Waals surface area contributed by atoms with Gasteiger partial charge in [-0.15, -0.1) is 0 Å². The average Bonchev–Trinajstić information content (AvgIpc) is 2.45. The first kappa shape index (κ1) is 14.3. The van der Waals surface area contributed by atoms with Crippen molar-refractivity contribution in [3.8, 4) is 5.75 Å². The summed E-state index contributed by atoms with van der Waals surface area (Å²) in [5.74, 6) is 1.59. The Balaban J connectivity index is 1.88. The van der Waals surface area contributed by atoms with Gasteiger partial charge >= 0.3 is 0 Å². The molecule has 19 heavy (non-hydrogen) atoms. The summed E-state index contributed by atoms with van der Waals surface area (Å²) in [5.41, 5.74) is 2.03. The zero-order chi connectivity index (χ0) is 13.7. The number of aromatic nitrogens is 1. The van der Waals surface area contributed by atoms with Gasteiger partial charge in [0.1, 0.15) is 5.75 Å². The topological polar surface area (TPSA) is 43.4 Å². The number of ether oxygens (including phenoxy) is 2. The van der Waals surface area contributed by atoms with Crippen LogP contribution in [0.2, 0.25) is 0 Å². The van der Waals surface area contributed by atoms with Gasteiger partial charge in [-0.25, -0.2) is 0 Å². The highest BCUT2D eigenvalue weighted by atomic mass is 16.5. The Bertz CT molecular complexity index is 403. The van der Waals surface area contributed by atoms with Crippen molar-refractivity contribution in [2.75, 3.05) is 20.3 Å². The summed E-state index contributed by atoms with van der Waals surface area (Å²) in [6.45, 7) is 6.83. The van der Waals surface area contributed by atoms with Gasteiger partial charge in [0.15, 0.2) is 0 Å². The second-order valence-corrected chi connectivity index (χ2v) is 5.26. The molecule has 4 heteroatoms. The molecule has 1 aliphatic rings. The van der Waals surface area contributed by atoms with Gasteiger partial charge in [0.2, 0.25) is 0 Å². The van der Waals surface area contributed by atoms with Crippen molar-refractivity contribution >= 4 is 0 Å². The quantitative estimate of drug-likeness (QED) is 0.886. The third-order valence-electron chi connectivity index (χ3n) is 3.79. The number of rotatable bonds is 5. The Morgan fingerprint density at radius 3 is 2.84 bits per heavy atom. The van der Waals surface area contributed by atoms with Gasteiger partial charge in [-0.1, -0.05) is 0 Å². The molecule has 0 saturated carbocycles. The molecule has 2 heterocycles. The largest absolute Gasteiger partial charge is 0.497 e. The molecule has 0 spiro atoms. The van der Waals surface area contributed by atoms with Crippen molar-refractivity contribution in [2.24, 2.45) is 5.92 Å². The average molecular weight is 264 g/mol. The smallest absolute Gasteiger partial charge is 0.122 e. The van der Waals surface area contributed by atoms with Crippen LogP contribution in [0.25, 0.3) is 0 Å². The molecule has 4 nitrogen and oxygen atoms in total. The van der Waals surface area contributed by atoms with Gasteiger partial charge in [0.25, 0.3) is 0 Å². The number of nitrogens with zero attached hydrogens (tertiary/aromatic N) is 1. The molecule has 1 aromatic heterocycles. The lowest BCUT2D eigenvalue weighted by molar-refractivity contribution is 0.0557. The lowest BCUT2D eigenvalue weighted by atomic mass is 9.93. The summed E-state index contributed by atoms with van der Waals surface area (Å²) in [7, 11) is 1.69. The molecule has 0 aromatic carbocycles. The van der Waals surface area contributed by atoms with Crippen LogP contribution in [0.1, 0.15) is 31.2 Å². The van der Waals surface area contributed by atoms with E-state index in [4.69, 9.17) is 9.47 Å². The van der Waals surface area contributed by atoms with Crippen LogP contribution in [-0.4, -0.2) is 31.3 Å². The predicted octanol–water partition coefficient (Wildman–Crippen LogP) is 2.30. The van der Waals surface area contributed by atoms with Crippen LogP contribution >= 0.6 is 0 Å². The van der Waals surface area contributed by atoms with E-state index in [0.717, 1.165) is 49.7 Å². The van der Waals surface area contributed by atoms with E-state index in [2.05, 4.69) is 17.2 Å². The normalized spacial score (nSPS) is 18.3. The van der Waals surface area contributed by atoms with Crippen molar-refractivity contribution in [3.63, 3.8) is 0 Å². The monoisotopic (exact) mass is 264 g/mol. The molecule has 1 fully saturated rings. The van der Waals surface area contributed by atoms with Crippen LogP contribution in [0.15, 0.2) is 12.1 Å². The standard InChI is InChI=1S/C15H24N2O2/c1-11-8-15(18-3)9-14(17-11)10-16-12(2)13-4-6-19-7-5-13/h8-9,12-13,16H,4-7,10H2,1-3H3. The highest BCUT2D eigenvalue weighted by Gasteiger charge is 2.20. The fraction of sp³-hybridized carbons (Fsp3) is 0.667. The maximum absolute atomic E-state index is 5.40. The van der Waals surface area contributed by atoms with E-state index < -0.39 is 0 Å². The van der Waals surface area contributed by atoms with Gasteiger partial charge in [0.05, 0.1) is 12.8 Å². The van der Waals surface area contributed by atoms with Crippen molar-refractivity contribution in [1.29, 1.82) is 0 Å². The molecule has 1 N–H and O–H groups in total. The van der Waals surface area contributed by atoms with E-state index in [1.165, 1.54) is 0 Å². The summed E-state index contributed by atoms with van der Waals surface area (Å²) in [4.78, 5) is 4.53. The van der Waals surface area contributed by atoms with E-state index in [1.807, 2.05) is 19.1 Å². The van der Waals surface area contributed by atoms with Crippen LogP contribution in [0.3, 0.4) is 0 Å². The van der Waals surface area contributed by atoms with Crippen LogP contribution < -0.4 is 10.1 Å². The highest BCUT2D eigenvalue weighted by molar-refractivity contribution is 5.26. The molecule has 2 rings (SSSR count). The molecule has 0 bridgehead atoms.